The lowest BCUT2D eigenvalue weighted by Crippen LogP contribution is -2.45. The maximum absolute atomic E-state index is 11.1. The minimum atomic E-state index is -0.829. The van der Waals surface area contributed by atoms with Gasteiger partial charge in [-0.3, -0.25) is 9.88 Å². The summed E-state index contributed by atoms with van der Waals surface area (Å²) in [4.78, 5) is 21.9. The number of pyridine rings is 1. The third-order valence-electron chi connectivity index (χ3n) is 5.82. The molecule has 1 saturated heterocycles. The second-order valence-electron chi connectivity index (χ2n) is 9.15. The number of carboxylic acids is 1. The number of carbonyl (C=O) groups is 1. The van der Waals surface area contributed by atoms with Crippen molar-refractivity contribution in [2.45, 2.75) is 45.2 Å². The van der Waals surface area contributed by atoms with Crippen LogP contribution in [0.2, 0.25) is 0 Å². The number of benzene rings is 1. The van der Waals surface area contributed by atoms with Gasteiger partial charge in [-0.05, 0) is 32.4 Å². The molecule has 3 aromatic rings. The first-order chi connectivity index (χ1) is 16.3. The van der Waals surface area contributed by atoms with Gasteiger partial charge < -0.3 is 25.5 Å². The lowest BCUT2D eigenvalue weighted by Gasteiger charge is -2.35. The molecule has 1 unspecified atom stereocenters. The number of nitrogen functional groups attached to an aromatic ring is 1. The molecule has 184 valence electrons. The molecule has 0 spiro atoms. The molecular weight excluding hydrogens is 432 g/mol. The highest BCUT2D eigenvalue weighted by Crippen LogP contribution is 2.19. The second kappa shape index (κ2) is 11.8. The molecule has 0 amide bonds. The van der Waals surface area contributed by atoms with Crippen LogP contribution in [0.4, 0.5) is 11.5 Å². The zero-order chi connectivity index (χ0) is 24.6. The van der Waals surface area contributed by atoms with Crippen LogP contribution in [0, 0.1) is 0 Å². The van der Waals surface area contributed by atoms with E-state index in [9.17, 15) is 4.79 Å². The van der Waals surface area contributed by atoms with Crippen LogP contribution in [0.1, 0.15) is 33.6 Å². The minimum absolute atomic E-state index is 0.0158. The zero-order valence-corrected chi connectivity index (χ0v) is 20.3. The number of ether oxygens (including phenoxy) is 1. The molecule has 0 radical (unpaired) electrons. The number of anilines is 2. The number of carboxylic acid groups (broad SMARTS) is 1. The van der Waals surface area contributed by atoms with Gasteiger partial charge in [-0.1, -0.05) is 31.5 Å². The van der Waals surface area contributed by atoms with E-state index in [1.165, 1.54) is 0 Å². The Morgan fingerprint density at radius 3 is 2.65 bits per heavy atom. The van der Waals surface area contributed by atoms with Gasteiger partial charge in [-0.25, -0.2) is 9.78 Å². The Morgan fingerprint density at radius 1 is 1.26 bits per heavy atom. The number of nitrogens with one attached hydrogen (secondary N) is 1. The van der Waals surface area contributed by atoms with Gasteiger partial charge in [0.05, 0.1) is 42.5 Å². The van der Waals surface area contributed by atoms with Crippen molar-refractivity contribution in [3.8, 4) is 0 Å². The summed E-state index contributed by atoms with van der Waals surface area (Å²) in [7, 11) is 0. The van der Waals surface area contributed by atoms with Crippen molar-refractivity contribution in [3.63, 3.8) is 0 Å². The Bertz CT molecular complexity index is 1060. The largest absolute Gasteiger partial charge is 0.480 e. The molecule has 2 aromatic heterocycles. The quantitative estimate of drug-likeness (QED) is 0.460. The first kappa shape index (κ1) is 25.5. The van der Waals surface area contributed by atoms with E-state index in [2.05, 4.69) is 38.6 Å². The highest BCUT2D eigenvalue weighted by molar-refractivity contribution is 5.83. The first-order valence-corrected chi connectivity index (χ1v) is 11.7. The fourth-order valence-electron chi connectivity index (χ4n) is 3.95. The van der Waals surface area contributed by atoms with Crippen molar-refractivity contribution in [3.05, 3.63) is 49.1 Å². The van der Waals surface area contributed by atoms with Crippen LogP contribution in [0.3, 0.4) is 0 Å². The summed E-state index contributed by atoms with van der Waals surface area (Å²) >= 11 is 0. The van der Waals surface area contributed by atoms with Gasteiger partial charge in [0.1, 0.15) is 11.9 Å². The maximum atomic E-state index is 11.1. The van der Waals surface area contributed by atoms with Crippen molar-refractivity contribution < 1.29 is 14.6 Å². The number of morpholine rings is 1. The summed E-state index contributed by atoms with van der Waals surface area (Å²) in [5.41, 5.74) is 7.31. The summed E-state index contributed by atoms with van der Waals surface area (Å²) in [5.74, 6) is -0.250. The van der Waals surface area contributed by atoms with Crippen LogP contribution in [0.5, 0.6) is 0 Å². The zero-order valence-electron chi connectivity index (χ0n) is 20.3. The number of aliphatic carboxylic acids is 1. The van der Waals surface area contributed by atoms with Crippen LogP contribution in [-0.2, 0) is 15.1 Å². The van der Waals surface area contributed by atoms with Gasteiger partial charge in [0.15, 0.2) is 0 Å². The van der Waals surface area contributed by atoms with Crippen LogP contribution >= 0.6 is 0 Å². The second-order valence-corrected chi connectivity index (χ2v) is 9.15. The van der Waals surface area contributed by atoms with E-state index in [1.807, 2.05) is 43.5 Å². The molecule has 4 N–H and O–H groups in total. The van der Waals surface area contributed by atoms with Crippen molar-refractivity contribution in [1.29, 1.82) is 0 Å². The lowest BCUT2D eigenvalue weighted by atomic mass is 10.0. The summed E-state index contributed by atoms with van der Waals surface area (Å²) < 4.78 is 7.42. The van der Waals surface area contributed by atoms with E-state index in [0.29, 0.717) is 12.2 Å². The molecule has 3 heterocycles. The van der Waals surface area contributed by atoms with Crippen molar-refractivity contribution in [2.24, 2.45) is 0 Å². The van der Waals surface area contributed by atoms with Gasteiger partial charge in [-0.15, -0.1) is 0 Å². The molecule has 1 atom stereocenters. The van der Waals surface area contributed by atoms with Crippen LogP contribution in [0.15, 0.2) is 49.1 Å². The number of fused-ring (bicyclic) bond motifs is 1. The highest BCUT2D eigenvalue weighted by Gasteiger charge is 2.24. The maximum Gasteiger partial charge on any atom is 0.326 e. The summed E-state index contributed by atoms with van der Waals surface area (Å²) in [5, 5.41) is 13.1. The average molecular weight is 469 g/mol. The number of aromatic nitrogens is 3. The number of rotatable bonds is 8. The predicted molar refractivity (Wildman–Crippen MR) is 135 cm³/mol. The normalized spacial score (nSPS) is 15.4. The summed E-state index contributed by atoms with van der Waals surface area (Å²) in [6.45, 7) is 11.0. The monoisotopic (exact) mass is 468 g/mol. The van der Waals surface area contributed by atoms with E-state index < -0.39 is 12.0 Å². The Balaban J connectivity index is 0.000000192. The molecule has 1 fully saturated rings. The van der Waals surface area contributed by atoms with Crippen LogP contribution < -0.4 is 11.1 Å². The van der Waals surface area contributed by atoms with E-state index in [4.69, 9.17) is 15.6 Å². The summed E-state index contributed by atoms with van der Waals surface area (Å²) in [6.07, 6.45) is 6.79. The molecule has 1 aliphatic heterocycles. The van der Waals surface area contributed by atoms with Gasteiger partial charge in [0.25, 0.3) is 0 Å². The Hall–Kier alpha value is -3.17. The summed E-state index contributed by atoms with van der Waals surface area (Å²) in [6, 6.07) is 9.13. The molecule has 34 heavy (non-hydrogen) atoms. The first-order valence-electron chi connectivity index (χ1n) is 11.7. The van der Waals surface area contributed by atoms with Crippen molar-refractivity contribution >= 4 is 28.4 Å². The van der Waals surface area contributed by atoms with Crippen molar-refractivity contribution in [1.82, 2.24) is 19.4 Å². The molecule has 9 nitrogen and oxygen atoms in total. The van der Waals surface area contributed by atoms with Gasteiger partial charge in [0.2, 0.25) is 0 Å². The SMILES string of the molecule is CC(C)(CN1CCOCC1)n1cnc(N)c1.CCCC(Nc1cnc2ccccc2c1)C(=O)O. The van der Waals surface area contributed by atoms with E-state index in [-0.39, 0.29) is 5.54 Å². The van der Waals surface area contributed by atoms with Gasteiger partial charge in [0, 0.05) is 31.2 Å². The third-order valence-corrected chi connectivity index (χ3v) is 5.82. The smallest absolute Gasteiger partial charge is 0.326 e. The molecule has 1 aliphatic rings. The van der Waals surface area contributed by atoms with Crippen LogP contribution in [0.25, 0.3) is 10.9 Å². The number of nitrogens with two attached hydrogens (primary N) is 1. The van der Waals surface area contributed by atoms with E-state index >= 15 is 0 Å². The number of hydrogen-bond donors (Lipinski definition) is 3. The Morgan fingerprint density at radius 2 is 2.00 bits per heavy atom. The van der Waals surface area contributed by atoms with E-state index in [0.717, 1.165) is 55.9 Å². The van der Waals surface area contributed by atoms with Crippen LogP contribution in [-0.4, -0.2) is 69.4 Å². The lowest BCUT2D eigenvalue weighted by molar-refractivity contribution is -0.138. The molecule has 4 rings (SSSR count). The number of nitrogens with zero attached hydrogens (tertiary/aromatic N) is 4. The fourth-order valence-corrected chi connectivity index (χ4v) is 3.95. The minimum Gasteiger partial charge on any atom is -0.480 e. The highest BCUT2D eigenvalue weighted by atomic mass is 16.5. The topological polar surface area (TPSA) is 119 Å². The molecular formula is C25H36N6O3. The standard InChI is InChI=1S/C14H16N2O2.C11H20N4O/c1-2-5-13(14(17)18)16-11-8-10-6-3-4-7-12(10)15-9-11;1-11(2,15-7-10(12)13-9-15)8-14-3-5-16-6-4-14/h3-4,6-9,13,16H,2,5H2,1H3,(H,17,18);7,9H,3-6,8,12H2,1-2H3. The molecule has 1 aromatic carbocycles. The van der Waals surface area contributed by atoms with Gasteiger partial charge >= 0.3 is 5.97 Å². The number of hydrogen-bond acceptors (Lipinski definition) is 7. The average Bonchev–Trinajstić information content (AvgIpc) is 3.27. The number of imidazole rings is 1. The third kappa shape index (κ3) is 7.16. The van der Waals surface area contributed by atoms with Crippen molar-refractivity contribution in [2.75, 3.05) is 43.9 Å². The predicted octanol–water partition coefficient (Wildman–Crippen LogP) is 3.43. The Labute approximate surface area is 200 Å². The molecule has 9 heteroatoms. The number of para-hydroxylation sites is 1. The molecule has 0 bridgehead atoms. The Kier molecular flexibility index (Phi) is 8.84. The fraction of sp³-hybridized carbons (Fsp3) is 0.480. The van der Waals surface area contributed by atoms with E-state index in [1.54, 1.807) is 12.5 Å². The van der Waals surface area contributed by atoms with Gasteiger partial charge in [-0.2, -0.15) is 0 Å². The molecule has 0 saturated carbocycles. The molecule has 0 aliphatic carbocycles.